The molecule has 1 atom stereocenters. The van der Waals surface area contributed by atoms with Gasteiger partial charge in [-0.15, -0.1) is 24.0 Å². The summed E-state index contributed by atoms with van der Waals surface area (Å²) in [5, 5.41) is 11.8. The number of nitrogens with zero attached hydrogens (tertiary/aromatic N) is 4. The predicted octanol–water partition coefficient (Wildman–Crippen LogP) is 3.41. The van der Waals surface area contributed by atoms with Crippen molar-refractivity contribution in [1.82, 2.24) is 25.0 Å². The summed E-state index contributed by atoms with van der Waals surface area (Å²) in [5.74, 6) is 0.767. The third-order valence-electron chi connectivity index (χ3n) is 4.11. The highest BCUT2D eigenvalue weighted by Crippen LogP contribution is 2.19. The van der Waals surface area contributed by atoms with Crippen LogP contribution < -0.4 is 10.6 Å². The molecule has 1 unspecified atom stereocenters. The van der Waals surface area contributed by atoms with E-state index in [-0.39, 0.29) is 30.0 Å². The van der Waals surface area contributed by atoms with E-state index in [1.54, 1.807) is 13.2 Å². The molecule has 3 aromatic rings. The Kier molecular flexibility index (Phi) is 8.66. The molecule has 0 radical (unpaired) electrons. The van der Waals surface area contributed by atoms with Crippen molar-refractivity contribution in [2.75, 3.05) is 20.1 Å². The second-order valence-corrected chi connectivity index (χ2v) is 6.29. The van der Waals surface area contributed by atoms with Crippen LogP contribution in [-0.2, 0) is 6.54 Å². The lowest BCUT2D eigenvalue weighted by atomic mass is 10.1. The Balaban J connectivity index is 0.00000261. The maximum Gasteiger partial charge on any atom is 0.191 e. The molecule has 0 saturated carbocycles. The number of nitrogens with one attached hydrogen (secondary N) is 2. The molecule has 6 nitrogen and oxygen atoms in total. The van der Waals surface area contributed by atoms with Crippen molar-refractivity contribution in [2.24, 2.45) is 4.99 Å². The van der Waals surface area contributed by atoms with Gasteiger partial charge in [-0.25, -0.2) is 0 Å². The number of benzene rings is 1. The molecule has 0 spiro atoms. The lowest BCUT2D eigenvalue weighted by Gasteiger charge is -2.21. The Morgan fingerprint density at radius 3 is 2.48 bits per heavy atom. The normalized spacial score (nSPS) is 12.3. The molecule has 0 aliphatic carbocycles. The average Bonchev–Trinajstić information content (AvgIpc) is 3.36. The Morgan fingerprint density at radius 1 is 1.11 bits per heavy atom. The van der Waals surface area contributed by atoms with Gasteiger partial charge in [0.2, 0.25) is 0 Å². The van der Waals surface area contributed by atoms with Crippen molar-refractivity contribution in [3.05, 3.63) is 77.8 Å². The highest BCUT2D eigenvalue weighted by atomic mass is 127. The zero-order valence-corrected chi connectivity index (χ0v) is 18.2. The van der Waals surface area contributed by atoms with E-state index in [0.717, 1.165) is 29.6 Å². The van der Waals surface area contributed by atoms with Crippen molar-refractivity contribution in [3.63, 3.8) is 0 Å². The Hall–Kier alpha value is -2.00. The molecule has 0 aliphatic heterocycles. The van der Waals surface area contributed by atoms with Crippen LogP contribution in [0, 0.1) is 0 Å². The molecular formula is C19H24ClIN6. The zero-order chi connectivity index (χ0) is 18.2. The van der Waals surface area contributed by atoms with Crippen molar-refractivity contribution in [3.8, 4) is 0 Å². The van der Waals surface area contributed by atoms with Crippen molar-refractivity contribution < 1.29 is 0 Å². The first-order valence-electron chi connectivity index (χ1n) is 8.56. The zero-order valence-electron chi connectivity index (χ0n) is 15.1. The van der Waals surface area contributed by atoms with E-state index in [4.69, 9.17) is 11.6 Å². The molecule has 0 saturated heterocycles. The standard InChI is InChI=1S/C19H23ClN6.HI/c1-21-19(22-10-14-25-11-2-3-12-25)23-15-18(26-13-4-9-24-26)16-5-7-17(20)8-6-16;/h2-9,11-13,18H,10,14-15H2,1H3,(H2,21,22,23);1H. The van der Waals surface area contributed by atoms with E-state index in [9.17, 15) is 0 Å². The number of aliphatic imine (C=N–C) groups is 1. The Morgan fingerprint density at radius 2 is 1.85 bits per heavy atom. The number of hydrogen-bond acceptors (Lipinski definition) is 2. The monoisotopic (exact) mass is 498 g/mol. The minimum absolute atomic E-state index is 0. The smallest absolute Gasteiger partial charge is 0.191 e. The van der Waals surface area contributed by atoms with Crippen LogP contribution in [0.25, 0.3) is 0 Å². The SMILES string of the molecule is CN=C(NCCn1cccc1)NCC(c1ccc(Cl)cc1)n1cccn1.I. The molecule has 8 heteroatoms. The van der Waals surface area contributed by atoms with Crippen LogP contribution >= 0.6 is 35.6 Å². The van der Waals surface area contributed by atoms with Gasteiger partial charge in [-0.1, -0.05) is 23.7 Å². The van der Waals surface area contributed by atoms with Crippen molar-refractivity contribution in [2.45, 2.75) is 12.6 Å². The number of guanidine groups is 1. The first-order chi connectivity index (χ1) is 12.8. The minimum atomic E-state index is 0. The predicted molar refractivity (Wildman–Crippen MR) is 121 cm³/mol. The van der Waals surface area contributed by atoms with Crippen LogP contribution in [0.4, 0.5) is 0 Å². The Bertz CT molecular complexity index is 799. The lowest BCUT2D eigenvalue weighted by Crippen LogP contribution is -2.41. The summed E-state index contributed by atoms with van der Waals surface area (Å²) in [6.45, 7) is 2.34. The molecular weight excluding hydrogens is 475 g/mol. The number of aromatic nitrogens is 3. The summed E-state index contributed by atoms with van der Waals surface area (Å²) in [5.41, 5.74) is 1.13. The molecule has 2 N–H and O–H groups in total. The molecule has 2 heterocycles. The van der Waals surface area contributed by atoms with E-state index < -0.39 is 0 Å². The van der Waals surface area contributed by atoms with Crippen LogP contribution in [0.1, 0.15) is 11.6 Å². The summed E-state index contributed by atoms with van der Waals surface area (Å²) in [6.07, 6.45) is 7.84. The third-order valence-corrected chi connectivity index (χ3v) is 4.37. The van der Waals surface area contributed by atoms with Crippen molar-refractivity contribution in [1.29, 1.82) is 0 Å². The van der Waals surface area contributed by atoms with E-state index in [2.05, 4.69) is 25.3 Å². The summed E-state index contributed by atoms with van der Waals surface area (Å²) in [7, 11) is 1.77. The fourth-order valence-corrected chi connectivity index (χ4v) is 2.88. The third kappa shape index (κ3) is 6.28. The molecule has 2 aromatic heterocycles. The fourth-order valence-electron chi connectivity index (χ4n) is 2.75. The van der Waals surface area contributed by atoms with Crippen LogP contribution in [0.5, 0.6) is 0 Å². The molecule has 0 aliphatic rings. The number of halogens is 2. The lowest BCUT2D eigenvalue weighted by molar-refractivity contribution is 0.510. The maximum absolute atomic E-state index is 6.02. The van der Waals surface area contributed by atoms with Gasteiger partial charge in [0.15, 0.2) is 5.96 Å². The minimum Gasteiger partial charge on any atom is -0.355 e. The van der Waals surface area contributed by atoms with E-state index in [0.29, 0.717) is 6.54 Å². The quantitative estimate of drug-likeness (QED) is 0.298. The van der Waals surface area contributed by atoms with Crippen LogP contribution in [0.2, 0.25) is 5.02 Å². The fraction of sp³-hybridized carbons (Fsp3) is 0.263. The van der Waals surface area contributed by atoms with Gasteiger partial charge in [-0.2, -0.15) is 5.10 Å². The van der Waals surface area contributed by atoms with E-state index in [1.165, 1.54) is 0 Å². The maximum atomic E-state index is 6.02. The Labute approximate surface area is 181 Å². The van der Waals surface area contributed by atoms with Gasteiger partial charge < -0.3 is 15.2 Å². The van der Waals surface area contributed by atoms with Gasteiger partial charge in [0.05, 0.1) is 6.04 Å². The largest absolute Gasteiger partial charge is 0.355 e. The second kappa shape index (κ2) is 11.0. The molecule has 144 valence electrons. The molecule has 0 fully saturated rings. The number of rotatable bonds is 7. The molecule has 27 heavy (non-hydrogen) atoms. The van der Waals surface area contributed by atoms with Gasteiger partial charge in [-0.3, -0.25) is 9.67 Å². The second-order valence-electron chi connectivity index (χ2n) is 5.85. The highest BCUT2D eigenvalue weighted by Gasteiger charge is 2.14. The number of hydrogen-bond donors (Lipinski definition) is 2. The highest BCUT2D eigenvalue weighted by molar-refractivity contribution is 14.0. The van der Waals surface area contributed by atoms with Crippen molar-refractivity contribution >= 4 is 41.5 Å². The molecule has 0 bridgehead atoms. The van der Waals surface area contributed by atoms with Crippen LogP contribution in [0.15, 0.2) is 72.2 Å². The van der Waals surface area contributed by atoms with Crippen LogP contribution in [-0.4, -0.2) is 40.4 Å². The summed E-state index contributed by atoms with van der Waals surface area (Å²) < 4.78 is 4.06. The van der Waals surface area contributed by atoms with E-state index >= 15 is 0 Å². The summed E-state index contributed by atoms with van der Waals surface area (Å²) >= 11 is 6.02. The first kappa shape index (κ1) is 21.3. The van der Waals surface area contributed by atoms with E-state index in [1.807, 2.05) is 65.7 Å². The van der Waals surface area contributed by atoms with Gasteiger partial charge >= 0.3 is 0 Å². The molecule has 3 rings (SSSR count). The van der Waals surface area contributed by atoms with Gasteiger partial charge in [-0.05, 0) is 35.9 Å². The first-order valence-corrected chi connectivity index (χ1v) is 8.94. The average molecular weight is 499 g/mol. The van der Waals surface area contributed by atoms with Gasteiger partial charge in [0.1, 0.15) is 0 Å². The van der Waals surface area contributed by atoms with Gasteiger partial charge in [0, 0.05) is 56.5 Å². The molecule has 0 amide bonds. The molecule has 1 aromatic carbocycles. The summed E-state index contributed by atoms with van der Waals surface area (Å²) in [6, 6.07) is 13.9. The van der Waals surface area contributed by atoms with Gasteiger partial charge in [0.25, 0.3) is 0 Å². The topological polar surface area (TPSA) is 59.2 Å². The summed E-state index contributed by atoms with van der Waals surface area (Å²) in [4.78, 5) is 4.30. The van der Waals surface area contributed by atoms with Crippen LogP contribution in [0.3, 0.4) is 0 Å².